The van der Waals surface area contributed by atoms with Gasteiger partial charge in [0.1, 0.15) is 0 Å². The van der Waals surface area contributed by atoms with E-state index < -0.39 is 0 Å². The Labute approximate surface area is 117 Å². The molecule has 3 aromatic rings. The molecule has 2 heterocycles. The number of aromatic nitrogens is 1. The molecule has 2 aromatic carbocycles. The second kappa shape index (κ2) is 4.44. The molecule has 4 heteroatoms. The number of halogens is 1. The number of nitrogens with zero attached hydrogens (tertiary/aromatic N) is 1. The normalized spacial score (nSPS) is 11.6. The summed E-state index contributed by atoms with van der Waals surface area (Å²) in [6.07, 6.45) is 1.79. The average molecular weight is 270 g/mol. The zero-order valence-corrected chi connectivity index (χ0v) is 10.9. The van der Waals surface area contributed by atoms with Gasteiger partial charge in [-0.3, -0.25) is 0 Å². The van der Waals surface area contributed by atoms with Gasteiger partial charge in [-0.25, -0.2) is 4.98 Å². The molecule has 3 nitrogen and oxygen atoms in total. The van der Waals surface area contributed by atoms with Crippen LogP contribution in [0.5, 0.6) is 0 Å². The highest BCUT2D eigenvalue weighted by atomic mass is 35.5. The van der Waals surface area contributed by atoms with Crippen molar-refractivity contribution in [1.82, 2.24) is 4.98 Å². The van der Waals surface area contributed by atoms with E-state index in [9.17, 15) is 0 Å². The van der Waals surface area contributed by atoms with Gasteiger partial charge in [-0.1, -0.05) is 24.3 Å². The summed E-state index contributed by atoms with van der Waals surface area (Å²) in [7, 11) is 0. The van der Waals surface area contributed by atoms with Crippen molar-refractivity contribution in [2.45, 2.75) is 0 Å². The molecule has 94 valence electrons. The van der Waals surface area contributed by atoms with Crippen LogP contribution < -0.4 is 10.6 Å². The highest BCUT2D eigenvalue weighted by molar-refractivity contribution is 5.97. The van der Waals surface area contributed by atoms with Gasteiger partial charge in [0, 0.05) is 6.20 Å². The van der Waals surface area contributed by atoms with Crippen molar-refractivity contribution >= 4 is 46.1 Å². The molecular weight excluding hydrogens is 258 g/mol. The Morgan fingerprint density at radius 1 is 0.737 bits per heavy atom. The molecule has 1 aliphatic rings. The lowest BCUT2D eigenvalue weighted by Gasteiger charge is -2.22. The third-order valence-corrected chi connectivity index (χ3v) is 3.22. The van der Waals surface area contributed by atoms with E-state index in [1.165, 1.54) is 10.8 Å². The monoisotopic (exact) mass is 269 g/mol. The third kappa shape index (κ3) is 1.88. The third-order valence-electron chi connectivity index (χ3n) is 3.22. The van der Waals surface area contributed by atoms with E-state index in [4.69, 9.17) is 0 Å². The number of anilines is 4. The van der Waals surface area contributed by atoms with Crippen molar-refractivity contribution < 1.29 is 0 Å². The Bertz CT molecular complexity index is 692. The summed E-state index contributed by atoms with van der Waals surface area (Å²) in [5.41, 5.74) is 3.18. The first-order valence-corrected chi connectivity index (χ1v) is 5.92. The van der Waals surface area contributed by atoms with E-state index in [-0.39, 0.29) is 12.4 Å². The quantitative estimate of drug-likeness (QED) is 0.495. The number of benzene rings is 2. The fourth-order valence-electron chi connectivity index (χ4n) is 2.33. The molecule has 0 saturated carbocycles. The highest BCUT2D eigenvalue weighted by Gasteiger charge is 2.14. The van der Waals surface area contributed by atoms with E-state index in [2.05, 4.69) is 52.0 Å². The minimum atomic E-state index is 0. The first kappa shape index (κ1) is 11.8. The van der Waals surface area contributed by atoms with Crippen molar-refractivity contribution in [2.24, 2.45) is 0 Å². The molecule has 0 atom stereocenters. The molecule has 0 aliphatic carbocycles. The summed E-state index contributed by atoms with van der Waals surface area (Å²) in [5, 5.41) is 9.23. The van der Waals surface area contributed by atoms with Crippen molar-refractivity contribution in [3.8, 4) is 0 Å². The van der Waals surface area contributed by atoms with Crippen LogP contribution in [0.2, 0.25) is 0 Å². The maximum atomic E-state index is 4.32. The van der Waals surface area contributed by atoms with Gasteiger partial charge in [0.25, 0.3) is 0 Å². The van der Waals surface area contributed by atoms with Gasteiger partial charge in [0.15, 0.2) is 5.82 Å². The summed E-state index contributed by atoms with van der Waals surface area (Å²) >= 11 is 0. The maximum absolute atomic E-state index is 4.32. The minimum Gasteiger partial charge on any atom is -0.351 e. The number of nitrogens with one attached hydrogen (secondary N) is 2. The number of fused-ring (bicyclic) bond motifs is 3. The first-order chi connectivity index (χ1) is 8.90. The topological polar surface area (TPSA) is 37.0 Å². The Morgan fingerprint density at radius 3 is 2.16 bits per heavy atom. The summed E-state index contributed by atoms with van der Waals surface area (Å²) in [6, 6.07) is 16.6. The smallest absolute Gasteiger partial charge is 0.154 e. The molecule has 0 unspecified atom stereocenters. The summed E-state index contributed by atoms with van der Waals surface area (Å²) in [4.78, 5) is 4.32. The summed E-state index contributed by atoms with van der Waals surface area (Å²) in [5.74, 6) is 0.875. The van der Waals surface area contributed by atoms with Crippen molar-refractivity contribution in [1.29, 1.82) is 0 Å². The average Bonchev–Trinajstić information content (AvgIpc) is 2.42. The zero-order valence-electron chi connectivity index (χ0n) is 10.1. The Hall–Kier alpha value is -2.26. The summed E-state index contributed by atoms with van der Waals surface area (Å²) in [6.45, 7) is 0. The van der Waals surface area contributed by atoms with Crippen LogP contribution in [-0.4, -0.2) is 4.98 Å². The van der Waals surface area contributed by atoms with E-state index in [1.54, 1.807) is 6.20 Å². The second-order valence-corrected chi connectivity index (χ2v) is 4.39. The molecule has 0 spiro atoms. The number of hydrogen-bond acceptors (Lipinski definition) is 3. The lowest BCUT2D eigenvalue weighted by molar-refractivity contribution is 1.28. The van der Waals surface area contributed by atoms with Gasteiger partial charge in [0.05, 0.1) is 17.1 Å². The molecule has 4 rings (SSSR count). The molecule has 0 saturated heterocycles. The lowest BCUT2D eigenvalue weighted by atomic mass is 10.1. The Morgan fingerprint density at radius 2 is 1.42 bits per heavy atom. The Balaban J connectivity index is 0.00000110. The van der Waals surface area contributed by atoms with Crippen molar-refractivity contribution in [2.75, 3.05) is 10.6 Å². The molecule has 0 fully saturated rings. The van der Waals surface area contributed by atoms with Crippen LogP contribution in [0.15, 0.2) is 54.7 Å². The second-order valence-electron chi connectivity index (χ2n) is 4.39. The van der Waals surface area contributed by atoms with Crippen molar-refractivity contribution in [3.05, 3.63) is 54.7 Å². The summed E-state index contributed by atoms with van der Waals surface area (Å²) < 4.78 is 0. The standard InChI is InChI=1S/C15H11N3.ClH/c1-2-5-11-9-14-13(8-10(11)4-1)17-12-6-3-7-16-15(12)18-14;/h1-9,17H,(H,16,18);1H. The molecule has 2 N–H and O–H groups in total. The van der Waals surface area contributed by atoms with Crippen LogP contribution in [-0.2, 0) is 0 Å². The van der Waals surface area contributed by atoms with E-state index >= 15 is 0 Å². The van der Waals surface area contributed by atoms with Crippen LogP contribution in [0, 0.1) is 0 Å². The molecular formula is C15H12ClN3. The molecule has 0 radical (unpaired) electrons. The van der Waals surface area contributed by atoms with Crippen LogP contribution in [0.1, 0.15) is 0 Å². The molecule has 0 amide bonds. The SMILES string of the molecule is Cl.c1cnc2c(c1)Nc1cc3ccccc3cc1N2. The predicted molar refractivity (Wildman–Crippen MR) is 82.0 cm³/mol. The maximum Gasteiger partial charge on any atom is 0.154 e. The number of rotatable bonds is 0. The van der Waals surface area contributed by atoms with E-state index in [1.807, 2.05) is 12.1 Å². The molecule has 1 aromatic heterocycles. The van der Waals surface area contributed by atoms with Crippen LogP contribution >= 0.6 is 12.4 Å². The number of hydrogen-bond donors (Lipinski definition) is 2. The molecule has 19 heavy (non-hydrogen) atoms. The van der Waals surface area contributed by atoms with Gasteiger partial charge in [-0.05, 0) is 35.0 Å². The van der Waals surface area contributed by atoms with E-state index in [0.29, 0.717) is 0 Å². The van der Waals surface area contributed by atoms with Crippen molar-refractivity contribution in [3.63, 3.8) is 0 Å². The highest BCUT2D eigenvalue weighted by Crippen LogP contribution is 2.38. The molecule has 1 aliphatic heterocycles. The minimum absolute atomic E-state index is 0. The van der Waals surface area contributed by atoms with Crippen LogP contribution in [0.25, 0.3) is 10.8 Å². The fourth-order valence-corrected chi connectivity index (χ4v) is 2.33. The van der Waals surface area contributed by atoms with Gasteiger partial charge >= 0.3 is 0 Å². The predicted octanol–water partition coefficient (Wildman–Crippen LogP) is 4.46. The largest absolute Gasteiger partial charge is 0.351 e. The van der Waals surface area contributed by atoms with E-state index in [0.717, 1.165) is 22.9 Å². The van der Waals surface area contributed by atoms with Crippen LogP contribution in [0.3, 0.4) is 0 Å². The first-order valence-electron chi connectivity index (χ1n) is 5.92. The van der Waals surface area contributed by atoms with Gasteiger partial charge in [-0.15, -0.1) is 12.4 Å². The van der Waals surface area contributed by atoms with Gasteiger partial charge in [0.2, 0.25) is 0 Å². The van der Waals surface area contributed by atoms with Gasteiger partial charge in [-0.2, -0.15) is 0 Å². The Kier molecular flexibility index (Phi) is 2.76. The molecule has 0 bridgehead atoms. The lowest BCUT2D eigenvalue weighted by Crippen LogP contribution is -2.07. The van der Waals surface area contributed by atoms with Crippen LogP contribution in [0.4, 0.5) is 22.9 Å². The fraction of sp³-hybridized carbons (Fsp3) is 0. The zero-order chi connectivity index (χ0) is 11.9. The van der Waals surface area contributed by atoms with Gasteiger partial charge < -0.3 is 10.6 Å². The number of pyridine rings is 1.